The molecule has 4 rings (SSSR count). The first-order chi connectivity index (χ1) is 10.7. The van der Waals surface area contributed by atoms with Crippen LogP contribution in [0.2, 0.25) is 0 Å². The predicted molar refractivity (Wildman–Crippen MR) is 89.7 cm³/mol. The highest BCUT2D eigenvalue weighted by atomic mass is 79.9. The van der Waals surface area contributed by atoms with E-state index in [1.54, 1.807) is 12.4 Å². The predicted octanol–water partition coefficient (Wildman–Crippen LogP) is 4.07. The highest BCUT2D eigenvalue weighted by Crippen LogP contribution is 2.48. The lowest BCUT2D eigenvalue weighted by Gasteiger charge is -2.04. The molecule has 3 aromatic rings. The molecule has 1 fully saturated rings. The van der Waals surface area contributed by atoms with Gasteiger partial charge in [-0.3, -0.25) is 4.79 Å². The summed E-state index contributed by atoms with van der Waals surface area (Å²) in [5, 5.41) is 3.96. The van der Waals surface area contributed by atoms with Crippen LogP contribution in [-0.2, 0) is 4.79 Å². The molecule has 0 aliphatic heterocycles. The SMILES string of the molecule is O=C(Nc1c[nH]c2ncccc12)C1CC1c1ccc(Br)cc1. The molecule has 2 aromatic heterocycles. The van der Waals surface area contributed by atoms with Crippen LogP contribution in [0.5, 0.6) is 0 Å². The third kappa shape index (κ3) is 2.41. The second-order valence-corrected chi connectivity index (χ2v) is 6.51. The summed E-state index contributed by atoms with van der Waals surface area (Å²) < 4.78 is 1.06. The van der Waals surface area contributed by atoms with Crippen molar-refractivity contribution >= 4 is 38.6 Å². The summed E-state index contributed by atoms with van der Waals surface area (Å²) in [7, 11) is 0. The maximum absolute atomic E-state index is 12.4. The lowest BCUT2D eigenvalue weighted by molar-refractivity contribution is -0.117. The number of carbonyl (C=O) groups excluding carboxylic acids is 1. The monoisotopic (exact) mass is 355 g/mol. The number of aromatic nitrogens is 2. The summed E-state index contributed by atoms with van der Waals surface area (Å²) in [6.07, 6.45) is 4.44. The van der Waals surface area contributed by atoms with Crippen molar-refractivity contribution in [2.24, 2.45) is 5.92 Å². The van der Waals surface area contributed by atoms with Crippen molar-refractivity contribution in [2.75, 3.05) is 5.32 Å². The van der Waals surface area contributed by atoms with E-state index in [0.29, 0.717) is 5.92 Å². The van der Waals surface area contributed by atoms with Crippen molar-refractivity contribution in [2.45, 2.75) is 12.3 Å². The molecule has 1 aromatic carbocycles. The third-order valence-corrected chi connectivity index (χ3v) is 4.66. The average Bonchev–Trinajstić information content (AvgIpc) is 3.24. The zero-order chi connectivity index (χ0) is 15.1. The van der Waals surface area contributed by atoms with Crippen LogP contribution in [0.3, 0.4) is 0 Å². The van der Waals surface area contributed by atoms with E-state index in [1.165, 1.54) is 5.56 Å². The molecule has 2 unspecified atom stereocenters. The van der Waals surface area contributed by atoms with Gasteiger partial charge in [0, 0.05) is 28.2 Å². The zero-order valence-corrected chi connectivity index (χ0v) is 13.3. The Morgan fingerprint density at radius 2 is 2.09 bits per heavy atom. The largest absolute Gasteiger partial charge is 0.344 e. The molecular formula is C17H14BrN3O. The number of nitrogens with zero attached hydrogens (tertiary/aromatic N) is 1. The molecule has 1 aliphatic carbocycles. The maximum atomic E-state index is 12.4. The van der Waals surface area contributed by atoms with Gasteiger partial charge < -0.3 is 10.3 Å². The van der Waals surface area contributed by atoms with Crippen molar-refractivity contribution in [1.82, 2.24) is 9.97 Å². The van der Waals surface area contributed by atoms with E-state index < -0.39 is 0 Å². The first kappa shape index (κ1) is 13.5. The highest BCUT2D eigenvalue weighted by Gasteiger charge is 2.44. The van der Waals surface area contributed by atoms with E-state index in [-0.39, 0.29) is 11.8 Å². The van der Waals surface area contributed by atoms with E-state index in [0.717, 1.165) is 27.6 Å². The number of hydrogen-bond acceptors (Lipinski definition) is 2. The van der Waals surface area contributed by atoms with Crippen LogP contribution in [0, 0.1) is 5.92 Å². The van der Waals surface area contributed by atoms with Crippen molar-refractivity contribution in [1.29, 1.82) is 0 Å². The number of rotatable bonds is 3. The van der Waals surface area contributed by atoms with Crippen LogP contribution < -0.4 is 5.32 Å². The van der Waals surface area contributed by atoms with Gasteiger partial charge in [0.2, 0.25) is 5.91 Å². The molecule has 4 nitrogen and oxygen atoms in total. The molecule has 0 radical (unpaired) electrons. The fourth-order valence-corrected chi connectivity index (χ4v) is 3.11. The summed E-state index contributed by atoms with van der Waals surface area (Å²) >= 11 is 3.43. The number of nitrogens with one attached hydrogen (secondary N) is 2. The molecular weight excluding hydrogens is 342 g/mol. The van der Waals surface area contributed by atoms with Gasteiger partial charge in [-0.25, -0.2) is 4.98 Å². The van der Waals surface area contributed by atoms with Gasteiger partial charge >= 0.3 is 0 Å². The molecule has 1 saturated carbocycles. The van der Waals surface area contributed by atoms with Crippen molar-refractivity contribution < 1.29 is 4.79 Å². The molecule has 0 spiro atoms. The summed E-state index contributed by atoms with van der Waals surface area (Å²) in [6.45, 7) is 0. The minimum Gasteiger partial charge on any atom is -0.344 e. The fourth-order valence-electron chi connectivity index (χ4n) is 2.85. The summed E-state index contributed by atoms with van der Waals surface area (Å²) in [4.78, 5) is 19.7. The van der Waals surface area contributed by atoms with E-state index in [9.17, 15) is 4.79 Å². The minimum atomic E-state index is 0.0581. The Kier molecular flexibility index (Phi) is 3.22. The Morgan fingerprint density at radius 1 is 1.27 bits per heavy atom. The molecule has 0 bridgehead atoms. The van der Waals surface area contributed by atoms with Gasteiger partial charge in [0.1, 0.15) is 5.65 Å². The Balaban J connectivity index is 1.48. The molecule has 110 valence electrons. The summed E-state index contributed by atoms with van der Waals surface area (Å²) in [6, 6.07) is 12.0. The number of fused-ring (bicyclic) bond motifs is 1. The smallest absolute Gasteiger partial charge is 0.228 e. The first-order valence-electron chi connectivity index (χ1n) is 7.21. The Morgan fingerprint density at radius 3 is 2.91 bits per heavy atom. The van der Waals surface area contributed by atoms with Crippen molar-refractivity contribution in [3.05, 3.63) is 58.8 Å². The normalized spacial score (nSPS) is 20.0. The van der Waals surface area contributed by atoms with E-state index in [4.69, 9.17) is 0 Å². The molecule has 5 heteroatoms. The number of H-pyrrole nitrogens is 1. The van der Waals surface area contributed by atoms with Gasteiger partial charge in [-0.1, -0.05) is 28.1 Å². The highest BCUT2D eigenvalue weighted by molar-refractivity contribution is 9.10. The van der Waals surface area contributed by atoms with Gasteiger partial charge in [0.25, 0.3) is 0 Å². The molecule has 2 N–H and O–H groups in total. The number of pyridine rings is 1. The quantitative estimate of drug-likeness (QED) is 0.743. The second-order valence-electron chi connectivity index (χ2n) is 5.59. The molecule has 2 heterocycles. The number of benzene rings is 1. The second kappa shape index (κ2) is 5.25. The average molecular weight is 356 g/mol. The fraction of sp³-hybridized carbons (Fsp3) is 0.176. The summed E-state index contributed by atoms with van der Waals surface area (Å²) in [5.74, 6) is 0.469. The van der Waals surface area contributed by atoms with Gasteiger partial charge in [0.15, 0.2) is 0 Å². The van der Waals surface area contributed by atoms with Gasteiger partial charge in [-0.05, 0) is 42.2 Å². The number of anilines is 1. The Bertz CT molecular complexity index is 840. The van der Waals surface area contributed by atoms with Crippen LogP contribution in [0.1, 0.15) is 17.9 Å². The van der Waals surface area contributed by atoms with E-state index >= 15 is 0 Å². The summed E-state index contributed by atoms with van der Waals surface area (Å²) in [5.41, 5.74) is 2.82. The van der Waals surface area contributed by atoms with Crippen LogP contribution >= 0.6 is 15.9 Å². The lowest BCUT2D eigenvalue weighted by atomic mass is 10.1. The Labute approximate surface area is 136 Å². The number of aromatic amines is 1. The van der Waals surface area contributed by atoms with Crippen LogP contribution in [-0.4, -0.2) is 15.9 Å². The van der Waals surface area contributed by atoms with Crippen LogP contribution in [0.25, 0.3) is 11.0 Å². The molecule has 22 heavy (non-hydrogen) atoms. The number of hydrogen-bond donors (Lipinski definition) is 2. The van der Waals surface area contributed by atoms with Gasteiger partial charge in [-0.15, -0.1) is 0 Å². The molecule has 1 aliphatic rings. The molecule has 0 saturated heterocycles. The number of halogens is 1. The van der Waals surface area contributed by atoms with Gasteiger partial charge in [-0.2, -0.15) is 0 Å². The lowest BCUT2D eigenvalue weighted by Crippen LogP contribution is -2.14. The molecule has 2 atom stereocenters. The minimum absolute atomic E-state index is 0.0581. The Hall–Kier alpha value is -2.14. The van der Waals surface area contributed by atoms with Gasteiger partial charge in [0.05, 0.1) is 5.69 Å². The maximum Gasteiger partial charge on any atom is 0.228 e. The van der Waals surface area contributed by atoms with Crippen LogP contribution in [0.15, 0.2) is 53.3 Å². The number of carbonyl (C=O) groups is 1. The van der Waals surface area contributed by atoms with Crippen molar-refractivity contribution in [3.63, 3.8) is 0 Å². The number of amides is 1. The van der Waals surface area contributed by atoms with Crippen molar-refractivity contribution in [3.8, 4) is 0 Å². The van der Waals surface area contributed by atoms with E-state index in [1.807, 2.05) is 24.3 Å². The van der Waals surface area contributed by atoms with E-state index in [2.05, 4.69) is 43.3 Å². The topological polar surface area (TPSA) is 57.8 Å². The molecule has 1 amide bonds. The first-order valence-corrected chi connectivity index (χ1v) is 8.00. The zero-order valence-electron chi connectivity index (χ0n) is 11.7. The third-order valence-electron chi connectivity index (χ3n) is 4.13. The standard InChI is InChI=1S/C17H14BrN3O/c18-11-5-3-10(4-6-11)13-8-14(13)17(22)21-15-9-20-16-12(15)2-1-7-19-16/h1-7,9,13-14H,8H2,(H,19,20)(H,21,22). The van der Waals surface area contributed by atoms with Crippen LogP contribution in [0.4, 0.5) is 5.69 Å².